The highest BCUT2D eigenvalue weighted by molar-refractivity contribution is 5.85. The summed E-state index contributed by atoms with van der Waals surface area (Å²) < 4.78 is 4.72. The maximum atomic E-state index is 10.6. The van der Waals surface area contributed by atoms with Crippen LogP contribution in [-0.2, 0) is 14.3 Å². The number of cyclic esters (lactones) is 1. The molecule has 0 aromatic heterocycles. The van der Waals surface area contributed by atoms with E-state index in [1.807, 2.05) is 0 Å². The molecule has 0 radical (unpaired) electrons. The van der Waals surface area contributed by atoms with Crippen molar-refractivity contribution in [3.8, 4) is 0 Å². The lowest BCUT2D eigenvalue weighted by molar-refractivity contribution is -0.169. The highest BCUT2D eigenvalue weighted by atomic mass is 16.6. The molecule has 0 spiro atoms. The van der Waals surface area contributed by atoms with Gasteiger partial charge < -0.3 is 9.84 Å². The second-order valence-electron chi connectivity index (χ2n) is 2.63. The van der Waals surface area contributed by atoms with Gasteiger partial charge in [0.2, 0.25) is 5.60 Å². The van der Waals surface area contributed by atoms with Gasteiger partial charge in [0.15, 0.2) is 0 Å². The molecular formula is C7H10O4. The van der Waals surface area contributed by atoms with Crippen LogP contribution in [0.1, 0.15) is 26.2 Å². The third-order valence-electron chi connectivity index (χ3n) is 2.00. The van der Waals surface area contributed by atoms with Crippen molar-refractivity contribution in [2.75, 3.05) is 0 Å². The van der Waals surface area contributed by atoms with Crippen molar-refractivity contribution >= 4 is 11.9 Å². The molecule has 1 N–H and O–H groups in total. The van der Waals surface area contributed by atoms with Crippen LogP contribution >= 0.6 is 0 Å². The summed E-state index contributed by atoms with van der Waals surface area (Å²) in [5.74, 6) is -1.44. The number of aliphatic carboxylic acids is 1. The second-order valence-corrected chi connectivity index (χ2v) is 2.63. The number of carboxylic acids is 1. The average Bonchev–Trinajstić information content (AvgIpc) is 2.33. The Morgan fingerprint density at radius 3 is 2.64 bits per heavy atom. The number of carbonyl (C=O) groups excluding carboxylic acids is 1. The van der Waals surface area contributed by atoms with Gasteiger partial charge >= 0.3 is 11.9 Å². The Balaban J connectivity index is 2.78. The molecular weight excluding hydrogens is 148 g/mol. The van der Waals surface area contributed by atoms with Crippen LogP contribution in [0.3, 0.4) is 0 Å². The molecule has 0 amide bonds. The summed E-state index contributed by atoms with van der Waals surface area (Å²) in [6.07, 6.45) is 0.867. The van der Waals surface area contributed by atoms with E-state index in [9.17, 15) is 9.59 Å². The van der Waals surface area contributed by atoms with Crippen LogP contribution in [0.5, 0.6) is 0 Å². The zero-order chi connectivity index (χ0) is 8.48. The van der Waals surface area contributed by atoms with Crippen LogP contribution in [0.15, 0.2) is 0 Å². The van der Waals surface area contributed by atoms with E-state index in [-0.39, 0.29) is 6.42 Å². The highest BCUT2D eigenvalue weighted by Gasteiger charge is 2.45. The lowest BCUT2D eigenvalue weighted by Gasteiger charge is -2.19. The van der Waals surface area contributed by atoms with Crippen LogP contribution in [-0.4, -0.2) is 22.6 Å². The van der Waals surface area contributed by atoms with Gasteiger partial charge in [0.1, 0.15) is 0 Å². The zero-order valence-electron chi connectivity index (χ0n) is 6.29. The molecule has 11 heavy (non-hydrogen) atoms. The third kappa shape index (κ3) is 1.20. The van der Waals surface area contributed by atoms with Gasteiger partial charge in [0.25, 0.3) is 0 Å². The van der Waals surface area contributed by atoms with Crippen molar-refractivity contribution in [3.05, 3.63) is 0 Å². The van der Waals surface area contributed by atoms with Gasteiger partial charge in [0, 0.05) is 12.8 Å². The van der Waals surface area contributed by atoms with Gasteiger partial charge in [-0.1, -0.05) is 6.92 Å². The molecule has 0 bridgehead atoms. The molecule has 1 aliphatic heterocycles. The van der Waals surface area contributed by atoms with Crippen molar-refractivity contribution in [2.45, 2.75) is 31.8 Å². The Morgan fingerprint density at radius 2 is 2.45 bits per heavy atom. The number of ether oxygens (including phenoxy) is 1. The van der Waals surface area contributed by atoms with Crippen LogP contribution in [0.2, 0.25) is 0 Å². The summed E-state index contributed by atoms with van der Waals surface area (Å²) in [7, 11) is 0. The monoisotopic (exact) mass is 158 g/mol. The predicted octanol–water partition coefficient (Wildman–Crippen LogP) is 0.557. The third-order valence-corrected chi connectivity index (χ3v) is 2.00. The van der Waals surface area contributed by atoms with Gasteiger partial charge in [-0.05, 0) is 6.42 Å². The number of hydrogen-bond donors (Lipinski definition) is 1. The molecule has 0 aromatic rings. The first-order valence-corrected chi connectivity index (χ1v) is 3.56. The molecule has 1 aliphatic rings. The fourth-order valence-corrected chi connectivity index (χ4v) is 1.17. The first-order valence-electron chi connectivity index (χ1n) is 3.56. The summed E-state index contributed by atoms with van der Waals surface area (Å²) in [5.41, 5.74) is -1.23. The van der Waals surface area contributed by atoms with Crippen LogP contribution in [0.25, 0.3) is 0 Å². The second kappa shape index (κ2) is 2.53. The van der Waals surface area contributed by atoms with Crippen molar-refractivity contribution in [2.24, 2.45) is 0 Å². The Kier molecular flexibility index (Phi) is 1.85. The van der Waals surface area contributed by atoms with Gasteiger partial charge in [-0.25, -0.2) is 4.79 Å². The molecule has 0 saturated carbocycles. The largest absolute Gasteiger partial charge is 0.478 e. The fourth-order valence-electron chi connectivity index (χ4n) is 1.17. The van der Waals surface area contributed by atoms with Crippen molar-refractivity contribution in [3.63, 3.8) is 0 Å². The maximum Gasteiger partial charge on any atom is 0.348 e. The quantitative estimate of drug-likeness (QED) is 0.596. The van der Waals surface area contributed by atoms with Crippen molar-refractivity contribution < 1.29 is 19.4 Å². The SMILES string of the molecule is CC[C@@]1(C(=O)O)CCC(=O)O1. The summed E-state index contributed by atoms with van der Waals surface area (Å²) >= 11 is 0. The maximum absolute atomic E-state index is 10.6. The number of rotatable bonds is 2. The molecule has 1 rings (SSSR count). The van der Waals surface area contributed by atoms with Gasteiger partial charge in [-0.2, -0.15) is 0 Å². The normalized spacial score (nSPS) is 30.1. The summed E-state index contributed by atoms with van der Waals surface area (Å²) in [6, 6.07) is 0. The smallest absolute Gasteiger partial charge is 0.348 e. The topological polar surface area (TPSA) is 63.6 Å². The minimum atomic E-state index is -1.23. The molecule has 1 fully saturated rings. The number of hydrogen-bond acceptors (Lipinski definition) is 3. The molecule has 1 saturated heterocycles. The van der Waals surface area contributed by atoms with E-state index < -0.39 is 17.5 Å². The van der Waals surface area contributed by atoms with Crippen LogP contribution in [0, 0.1) is 0 Å². The number of carboxylic acid groups (broad SMARTS) is 1. The summed E-state index contributed by atoms with van der Waals surface area (Å²) in [6.45, 7) is 1.70. The van der Waals surface area contributed by atoms with E-state index >= 15 is 0 Å². The molecule has 4 heteroatoms. The number of esters is 1. The fraction of sp³-hybridized carbons (Fsp3) is 0.714. The van der Waals surface area contributed by atoms with Crippen molar-refractivity contribution in [1.29, 1.82) is 0 Å². The minimum Gasteiger partial charge on any atom is -0.478 e. The molecule has 0 aliphatic carbocycles. The van der Waals surface area contributed by atoms with Crippen LogP contribution < -0.4 is 0 Å². The lowest BCUT2D eigenvalue weighted by atomic mass is 9.97. The predicted molar refractivity (Wildman–Crippen MR) is 36.0 cm³/mol. The van der Waals surface area contributed by atoms with Gasteiger partial charge in [-0.3, -0.25) is 4.79 Å². The molecule has 1 atom stereocenters. The van der Waals surface area contributed by atoms with E-state index in [1.165, 1.54) is 0 Å². The lowest BCUT2D eigenvalue weighted by Crippen LogP contribution is -2.37. The molecule has 1 heterocycles. The zero-order valence-corrected chi connectivity index (χ0v) is 6.29. The molecule has 4 nitrogen and oxygen atoms in total. The Hall–Kier alpha value is -1.06. The first-order chi connectivity index (χ1) is 5.10. The summed E-state index contributed by atoms with van der Waals surface area (Å²) in [5, 5.41) is 8.70. The van der Waals surface area contributed by atoms with E-state index in [0.29, 0.717) is 12.8 Å². The number of carbonyl (C=O) groups is 2. The molecule has 0 unspecified atom stereocenters. The Morgan fingerprint density at radius 1 is 1.82 bits per heavy atom. The van der Waals surface area contributed by atoms with E-state index in [0.717, 1.165) is 0 Å². The first kappa shape index (κ1) is 8.04. The van der Waals surface area contributed by atoms with Crippen LogP contribution in [0.4, 0.5) is 0 Å². The van der Waals surface area contributed by atoms with E-state index in [2.05, 4.69) is 0 Å². The van der Waals surface area contributed by atoms with E-state index in [4.69, 9.17) is 9.84 Å². The Labute approximate surface area is 64.2 Å². The average molecular weight is 158 g/mol. The Bertz CT molecular complexity index is 199. The van der Waals surface area contributed by atoms with Gasteiger partial charge in [0.05, 0.1) is 0 Å². The van der Waals surface area contributed by atoms with Crippen molar-refractivity contribution in [1.82, 2.24) is 0 Å². The molecule has 62 valence electrons. The standard InChI is InChI=1S/C7H10O4/c1-2-7(6(9)10)4-3-5(8)11-7/h2-4H2,1H3,(H,9,10)/t7-/m0/s1. The van der Waals surface area contributed by atoms with Gasteiger partial charge in [-0.15, -0.1) is 0 Å². The van der Waals surface area contributed by atoms with E-state index in [1.54, 1.807) is 6.92 Å². The highest BCUT2D eigenvalue weighted by Crippen LogP contribution is 2.29. The molecule has 0 aromatic carbocycles. The summed E-state index contributed by atoms with van der Waals surface area (Å²) in [4.78, 5) is 21.3. The minimum absolute atomic E-state index is 0.222.